The zero-order valence-electron chi connectivity index (χ0n) is 30.7. The summed E-state index contributed by atoms with van der Waals surface area (Å²) in [6.07, 6.45) is 34.5. The first-order chi connectivity index (χ1) is 22.5. The minimum atomic E-state index is -1.39. The molecule has 1 heterocycles. The van der Waals surface area contributed by atoms with Crippen LogP contribution in [0.5, 0.6) is 0 Å². The van der Waals surface area contributed by atoms with Gasteiger partial charge in [0.25, 0.3) is 0 Å². The molecule has 0 aliphatic carbocycles. The second-order valence-electron chi connectivity index (χ2n) is 14.6. The van der Waals surface area contributed by atoms with E-state index in [0.717, 1.165) is 25.7 Å². The summed E-state index contributed by atoms with van der Waals surface area (Å²) >= 11 is 0. The molecule has 276 valence electrons. The summed E-state index contributed by atoms with van der Waals surface area (Å²) in [5.41, 5.74) is 0. The Hall–Kier alpha value is -0.240. The van der Waals surface area contributed by atoms with Crippen molar-refractivity contribution in [3.8, 4) is 0 Å². The quantitative estimate of drug-likeness (QED) is 0.0515. The summed E-state index contributed by atoms with van der Waals surface area (Å²) in [6.45, 7) is 4.13. The van der Waals surface area contributed by atoms with Crippen LogP contribution in [0.4, 0.5) is 0 Å². The Bertz CT molecular complexity index is 617. The fourth-order valence-electron chi connectivity index (χ4n) is 6.96. The number of aliphatic hydroxyl groups is 4. The fraction of sp³-hybridized carbons (Fsp3) is 1.00. The van der Waals surface area contributed by atoms with E-state index < -0.39 is 37.3 Å². The highest BCUT2D eigenvalue weighted by Crippen LogP contribution is 2.26. The predicted octanol–water partition coefficient (Wildman–Crippen LogP) is 10.3. The van der Waals surface area contributed by atoms with Gasteiger partial charge in [0.2, 0.25) is 0 Å². The lowest BCUT2D eigenvalue weighted by Crippen LogP contribution is -2.59. The lowest BCUT2D eigenvalue weighted by atomic mass is 9.98. The topological polar surface area (TPSA) is 99.4 Å². The van der Waals surface area contributed by atoms with Gasteiger partial charge < -0.3 is 29.9 Å². The maximum atomic E-state index is 10.5. The van der Waals surface area contributed by atoms with Crippen molar-refractivity contribution in [1.82, 2.24) is 0 Å². The van der Waals surface area contributed by atoms with Gasteiger partial charge in [-0.05, 0) is 12.8 Å². The number of hydrogen-bond donors (Lipinski definition) is 4. The molecule has 6 atom stereocenters. The van der Waals surface area contributed by atoms with E-state index in [1.54, 1.807) is 0 Å². The largest absolute Gasteiger partial charge is 0.394 e. The molecule has 0 aromatic carbocycles. The minimum Gasteiger partial charge on any atom is -0.394 e. The number of unbranched alkanes of at least 4 members (excludes halogenated alkanes) is 27. The van der Waals surface area contributed by atoms with E-state index in [1.807, 2.05) is 0 Å². The molecule has 0 aromatic heterocycles. The molecule has 46 heavy (non-hydrogen) atoms. The number of rotatable bonds is 34. The Morgan fingerprint density at radius 2 is 0.739 bits per heavy atom. The van der Waals surface area contributed by atoms with Crippen LogP contribution < -0.4 is 0 Å². The van der Waals surface area contributed by atoms with Gasteiger partial charge in [0.1, 0.15) is 24.4 Å². The van der Waals surface area contributed by atoms with E-state index >= 15 is 0 Å². The van der Waals surface area contributed by atoms with Crippen LogP contribution in [-0.4, -0.2) is 63.8 Å². The standard InChI is InChI=1S/C40H80O6/c1-3-5-7-9-11-13-15-17-19-21-23-25-27-29-31-33-35(45-40-39(44)38(43)37(42)36(34-41)46-40)32-30-28-26-24-22-20-18-16-14-12-10-8-6-4-2/h35-44H,3-34H2,1-2H3/t35?,36-,37-,38+,39-,40?/m1/s1. The lowest BCUT2D eigenvalue weighted by molar-refractivity contribution is -0.312. The fourth-order valence-corrected chi connectivity index (χ4v) is 6.96. The van der Waals surface area contributed by atoms with E-state index in [9.17, 15) is 20.4 Å². The highest BCUT2D eigenvalue weighted by Gasteiger charge is 2.44. The Balaban J connectivity index is 2.23. The van der Waals surface area contributed by atoms with Gasteiger partial charge in [-0.15, -0.1) is 0 Å². The van der Waals surface area contributed by atoms with Crippen molar-refractivity contribution in [2.75, 3.05) is 6.61 Å². The molecule has 1 fully saturated rings. The number of hydrogen-bond acceptors (Lipinski definition) is 6. The molecule has 0 amide bonds. The maximum absolute atomic E-state index is 10.5. The van der Waals surface area contributed by atoms with Gasteiger partial charge in [0.15, 0.2) is 6.29 Å². The molecular formula is C40H80O6. The van der Waals surface area contributed by atoms with Crippen LogP contribution in [0, 0.1) is 0 Å². The van der Waals surface area contributed by atoms with Crippen molar-refractivity contribution < 1.29 is 29.9 Å². The molecule has 1 saturated heterocycles. The Labute approximate surface area is 285 Å². The van der Waals surface area contributed by atoms with Crippen LogP contribution in [0.2, 0.25) is 0 Å². The van der Waals surface area contributed by atoms with Crippen LogP contribution in [0.3, 0.4) is 0 Å². The van der Waals surface area contributed by atoms with Crippen LogP contribution in [0.25, 0.3) is 0 Å². The van der Waals surface area contributed by atoms with Crippen LogP contribution in [-0.2, 0) is 9.47 Å². The van der Waals surface area contributed by atoms with E-state index in [2.05, 4.69) is 13.8 Å². The first kappa shape index (κ1) is 43.8. The van der Waals surface area contributed by atoms with E-state index in [-0.39, 0.29) is 6.10 Å². The molecule has 0 bridgehead atoms. The molecule has 1 aliphatic heterocycles. The van der Waals surface area contributed by atoms with Crippen LogP contribution in [0.15, 0.2) is 0 Å². The zero-order chi connectivity index (χ0) is 33.5. The summed E-state index contributed by atoms with van der Waals surface area (Å²) in [5.74, 6) is 0. The van der Waals surface area contributed by atoms with E-state index in [1.165, 1.54) is 173 Å². The van der Waals surface area contributed by atoms with Crippen LogP contribution >= 0.6 is 0 Å². The van der Waals surface area contributed by atoms with Crippen molar-refractivity contribution in [1.29, 1.82) is 0 Å². The zero-order valence-corrected chi connectivity index (χ0v) is 30.7. The molecule has 4 N–H and O–H groups in total. The molecule has 2 unspecified atom stereocenters. The third-order valence-electron chi connectivity index (χ3n) is 10.2. The molecular weight excluding hydrogens is 576 g/mol. The summed E-state index contributed by atoms with van der Waals surface area (Å²) < 4.78 is 11.9. The van der Waals surface area contributed by atoms with Crippen molar-refractivity contribution in [2.45, 2.75) is 250 Å². The van der Waals surface area contributed by atoms with Crippen molar-refractivity contribution >= 4 is 0 Å². The second kappa shape index (κ2) is 32.0. The van der Waals surface area contributed by atoms with Gasteiger partial charge in [-0.3, -0.25) is 0 Å². The smallest absolute Gasteiger partial charge is 0.186 e. The average Bonchev–Trinajstić information content (AvgIpc) is 3.06. The summed E-state index contributed by atoms with van der Waals surface area (Å²) in [4.78, 5) is 0. The molecule has 0 radical (unpaired) electrons. The van der Waals surface area contributed by atoms with Gasteiger partial charge in [-0.25, -0.2) is 0 Å². The lowest BCUT2D eigenvalue weighted by Gasteiger charge is -2.41. The highest BCUT2D eigenvalue weighted by atomic mass is 16.7. The van der Waals surface area contributed by atoms with E-state index in [4.69, 9.17) is 9.47 Å². The number of ether oxygens (including phenoxy) is 2. The Morgan fingerprint density at radius 3 is 1.04 bits per heavy atom. The Kier molecular flexibility index (Phi) is 30.5. The first-order valence-electron chi connectivity index (χ1n) is 20.5. The van der Waals surface area contributed by atoms with Crippen molar-refractivity contribution in [2.24, 2.45) is 0 Å². The molecule has 0 spiro atoms. The monoisotopic (exact) mass is 657 g/mol. The summed E-state index contributed by atoms with van der Waals surface area (Å²) in [6, 6.07) is 0. The number of aliphatic hydroxyl groups excluding tert-OH is 4. The maximum Gasteiger partial charge on any atom is 0.186 e. The first-order valence-corrected chi connectivity index (χ1v) is 20.5. The highest BCUT2D eigenvalue weighted by molar-refractivity contribution is 4.89. The normalized spacial score (nSPS) is 22.4. The molecule has 6 heteroatoms. The van der Waals surface area contributed by atoms with Gasteiger partial charge >= 0.3 is 0 Å². The molecule has 0 aromatic rings. The molecule has 1 rings (SSSR count). The van der Waals surface area contributed by atoms with E-state index in [0.29, 0.717) is 0 Å². The van der Waals surface area contributed by atoms with Gasteiger partial charge in [0, 0.05) is 0 Å². The van der Waals surface area contributed by atoms with Crippen molar-refractivity contribution in [3.05, 3.63) is 0 Å². The molecule has 6 nitrogen and oxygen atoms in total. The average molecular weight is 657 g/mol. The molecule has 1 aliphatic rings. The van der Waals surface area contributed by atoms with Gasteiger partial charge in [-0.1, -0.05) is 200 Å². The Morgan fingerprint density at radius 1 is 0.435 bits per heavy atom. The molecule has 0 saturated carbocycles. The van der Waals surface area contributed by atoms with Gasteiger partial charge in [-0.2, -0.15) is 0 Å². The summed E-state index contributed by atoms with van der Waals surface area (Å²) in [5, 5.41) is 40.5. The second-order valence-corrected chi connectivity index (χ2v) is 14.6. The van der Waals surface area contributed by atoms with Crippen LogP contribution in [0.1, 0.15) is 213 Å². The third-order valence-corrected chi connectivity index (χ3v) is 10.2. The minimum absolute atomic E-state index is 0.0549. The predicted molar refractivity (Wildman–Crippen MR) is 193 cm³/mol. The third kappa shape index (κ3) is 23.2. The van der Waals surface area contributed by atoms with Crippen molar-refractivity contribution in [3.63, 3.8) is 0 Å². The van der Waals surface area contributed by atoms with Gasteiger partial charge in [0.05, 0.1) is 12.7 Å². The summed E-state index contributed by atoms with van der Waals surface area (Å²) in [7, 11) is 0. The SMILES string of the molecule is CCCCCCCCCCCCCCCCCC(CCCCCCCCCCCCCCCC)OC1O[C@H](CO)[C@@H](O)[C@H](O)[C@H]1O.